The topological polar surface area (TPSA) is 41.8 Å². The van der Waals surface area contributed by atoms with Crippen LogP contribution in [0, 0.1) is 6.92 Å². The second kappa shape index (κ2) is 11.8. The molecule has 2 aromatic carbocycles. The van der Waals surface area contributed by atoms with E-state index in [1.165, 1.54) is 19.3 Å². The molecule has 3 rings (SSSR count). The Hall–Kier alpha value is -0.827. The summed E-state index contributed by atoms with van der Waals surface area (Å²) >= 11 is -0.826. The predicted octanol–water partition coefficient (Wildman–Crippen LogP) is 6.62. The summed E-state index contributed by atoms with van der Waals surface area (Å²) in [5.41, 5.74) is 1.52. The van der Waals surface area contributed by atoms with Crippen LogP contribution in [0.1, 0.15) is 43.2 Å². The molecule has 0 spiro atoms. The first-order chi connectivity index (χ1) is 12.6. The van der Waals surface area contributed by atoms with Crippen LogP contribution in [0.3, 0.4) is 0 Å². The second-order valence-electron chi connectivity index (χ2n) is 6.23. The summed E-state index contributed by atoms with van der Waals surface area (Å²) < 4.78 is 5.87. The molecule has 0 saturated heterocycles. The quantitative estimate of drug-likeness (QED) is 0.509. The summed E-state index contributed by atoms with van der Waals surface area (Å²) in [5, 5.41) is 10.3. The first-order valence-corrected chi connectivity index (χ1v) is 15.0. The summed E-state index contributed by atoms with van der Waals surface area (Å²) in [6, 6.07) is 13.7. The normalized spacial score (nSPS) is 14.6. The number of para-hydroxylation sites is 1. The van der Waals surface area contributed by atoms with Gasteiger partial charge >= 0.3 is 37.9 Å². The minimum absolute atomic E-state index is 0.282. The molecule has 0 amide bonds. The first-order valence-electron chi connectivity index (χ1n) is 8.70. The van der Waals surface area contributed by atoms with E-state index < -0.39 is 20.8 Å². The van der Waals surface area contributed by atoms with Crippen molar-refractivity contribution in [3.63, 3.8) is 0 Å². The van der Waals surface area contributed by atoms with Crippen LogP contribution in [0.2, 0.25) is 0 Å². The third-order valence-electron chi connectivity index (χ3n) is 4.28. The van der Waals surface area contributed by atoms with Crippen molar-refractivity contribution in [2.75, 3.05) is 0 Å². The van der Waals surface area contributed by atoms with Gasteiger partial charge in [-0.2, -0.15) is 0 Å². The number of aryl methyl sites for hydroxylation is 1. The Morgan fingerprint density at radius 2 is 1.73 bits per heavy atom. The standard InChI is InChI=1S/C20H23NO2.2ClH.Zr/c1-15-12-19(23-18-10-6-3-7-11-18)13-16(20(15)22)14-21-17-8-4-2-5-9-17;;;/h3,6-7,10-14,17,22H,2,4-5,8-9H2,1H3;2*1H;/q;;;+2/p-2. The van der Waals surface area contributed by atoms with Gasteiger partial charge in [-0.3, -0.25) is 4.99 Å². The molecule has 0 unspecified atom stereocenters. The van der Waals surface area contributed by atoms with Crippen molar-refractivity contribution in [2.24, 2.45) is 4.99 Å². The molecule has 1 aliphatic carbocycles. The van der Waals surface area contributed by atoms with E-state index >= 15 is 0 Å². The van der Waals surface area contributed by atoms with Gasteiger partial charge in [0.1, 0.15) is 17.2 Å². The Labute approximate surface area is 174 Å². The van der Waals surface area contributed by atoms with Gasteiger partial charge in [0, 0.05) is 17.8 Å². The van der Waals surface area contributed by atoms with Crippen molar-refractivity contribution in [3.8, 4) is 17.2 Å². The Bertz CT molecular complexity index is 704. The number of hydrogen-bond acceptors (Lipinski definition) is 3. The molecule has 0 radical (unpaired) electrons. The molecule has 2 aromatic rings. The Kier molecular flexibility index (Phi) is 9.74. The molecule has 3 nitrogen and oxygen atoms in total. The number of aliphatic imine (C=N–C) groups is 1. The van der Waals surface area contributed by atoms with E-state index in [1.54, 1.807) is 6.21 Å². The van der Waals surface area contributed by atoms with Gasteiger partial charge in [-0.15, -0.1) is 0 Å². The average molecular weight is 472 g/mol. The summed E-state index contributed by atoms with van der Waals surface area (Å²) in [6.07, 6.45) is 7.92. The molecule has 1 N–H and O–H groups in total. The van der Waals surface area contributed by atoms with Crippen molar-refractivity contribution in [3.05, 3.63) is 53.6 Å². The summed E-state index contributed by atoms with van der Waals surface area (Å²) in [5.74, 6) is 1.79. The minimum atomic E-state index is -0.826. The van der Waals surface area contributed by atoms with Gasteiger partial charge in [0.2, 0.25) is 0 Å². The number of halogens is 2. The predicted molar refractivity (Wildman–Crippen MR) is 106 cm³/mol. The van der Waals surface area contributed by atoms with Crippen molar-refractivity contribution in [1.82, 2.24) is 0 Å². The maximum absolute atomic E-state index is 10.3. The molecule has 0 aliphatic heterocycles. The number of benzene rings is 2. The van der Waals surface area contributed by atoms with Crippen LogP contribution in [-0.4, -0.2) is 17.4 Å². The van der Waals surface area contributed by atoms with Crippen molar-refractivity contribution >= 4 is 23.2 Å². The Morgan fingerprint density at radius 1 is 1.08 bits per heavy atom. The van der Waals surface area contributed by atoms with E-state index in [-0.39, 0.29) is 5.75 Å². The van der Waals surface area contributed by atoms with Crippen molar-refractivity contribution in [1.29, 1.82) is 0 Å². The van der Waals surface area contributed by atoms with E-state index in [9.17, 15) is 5.11 Å². The number of ether oxygens (including phenoxy) is 1. The van der Waals surface area contributed by atoms with Gasteiger partial charge in [0.15, 0.2) is 0 Å². The van der Waals surface area contributed by atoms with Crippen LogP contribution < -0.4 is 4.74 Å². The van der Waals surface area contributed by atoms with E-state index in [1.807, 2.05) is 49.4 Å². The van der Waals surface area contributed by atoms with Gasteiger partial charge in [0.05, 0.1) is 0 Å². The van der Waals surface area contributed by atoms with Crippen LogP contribution in [0.5, 0.6) is 17.2 Å². The van der Waals surface area contributed by atoms with E-state index in [2.05, 4.69) is 4.99 Å². The fourth-order valence-electron chi connectivity index (χ4n) is 2.97. The molecule has 1 aliphatic rings. The molecule has 138 valence electrons. The van der Waals surface area contributed by atoms with Gasteiger partial charge in [0.25, 0.3) is 0 Å². The van der Waals surface area contributed by atoms with Crippen LogP contribution in [0.4, 0.5) is 0 Å². The van der Waals surface area contributed by atoms with E-state index in [0.717, 1.165) is 35.5 Å². The molecule has 0 bridgehead atoms. The summed E-state index contributed by atoms with van der Waals surface area (Å²) in [4.78, 5) is 4.66. The van der Waals surface area contributed by atoms with Gasteiger partial charge in [-0.1, -0.05) is 37.5 Å². The number of hydrogen-bond donors (Lipinski definition) is 1. The molecule has 1 fully saturated rings. The Balaban J connectivity index is 0.000000758. The van der Waals surface area contributed by atoms with Crippen LogP contribution >= 0.6 is 17.0 Å². The third kappa shape index (κ3) is 7.06. The zero-order valence-electron chi connectivity index (χ0n) is 14.8. The number of rotatable bonds is 4. The van der Waals surface area contributed by atoms with Crippen molar-refractivity contribution < 1.29 is 30.7 Å². The van der Waals surface area contributed by atoms with Crippen LogP contribution in [0.15, 0.2) is 47.5 Å². The summed E-state index contributed by atoms with van der Waals surface area (Å²) in [6.45, 7) is 1.88. The fourth-order valence-corrected chi connectivity index (χ4v) is 2.97. The zero-order valence-corrected chi connectivity index (χ0v) is 18.8. The van der Waals surface area contributed by atoms with E-state index in [0.29, 0.717) is 6.04 Å². The summed E-state index contributed by atoms with van der Waals surface area (Å²) in [7, 11) is 9.87. The number of aromatic hydroxyl groups is 1. The van der Waals surface area contributed by atoms with Crippen molar-refractivity contribution in [2.45, 2.75) is 45.1 Å². The molecular weight excluding hydrogens is 448 g/mol. The Morgan fingerprint density at radius 3 is 2.38 bits per heavy atom. The molecule has 6 heteroatoms. The molecule has 0 heterocycles. The molecular formula is C20H23Cl2NO2Zr. The maximum atomic E-state index is 10.3. The SMILES string of the molecule is Cc1cc(Oc2ccccc2)cc(C=NC2CCCCC2)c1O.[Cl][Zr][Cl]. The van der Waals surface area contributed by atoms with Gasteiger partial charge in [-0.25, -0.2) is 0 Å². The van der Waals surface area contributed by atoms with Gasteiger partial charge < -0.3 is 9.84 Å². The van der Waals surface area contributed by atoms with Gasteiger partial charge in [-0.05, 0) is 49.6 Å². The number of nitrogens with zero attached hydrogens (tertiary/aromatic N) is 1. The molecule has 1 saturated carbocycles. The van der Waals surface area contributed by atoms with E-state index in [4.69, 9.17) is 21.8 Å². The number of phenolic OH excluding ortho intramolecular Hbond substituents is 1. The monoisotopic (exact) mass is 469 g/mol. The number of phenols is 1. The third-order valence-corrected chi connectivity index (χ3v) is 4.28. The first kappa shape index (κ1) is 21.5. The second-order valence-corrected chi connectivity index (χ2v) is 9.97. The fraction of sp³-hybridized carbons (Fsp3) is 0.350. The average Bonchev–Trinajstić information content (AvgIpc) is 2.66. The molecule has 0 aromatic heterocycles. The molecule has 26 heavy (non-hydrogen) atoms. The van der Waals surface area contributed by atoms with Crippen LogP contribution in [-0.2, 0) is 20.8 Å². The zero-order chi connectivity index (χ0) is 18.8. The van der Waals surface area contributed by atoms with Crippen LogP contribution in [0.25, 0.3) is 0 Å². The molecule has 0 atom stereocenters.